The number of piperidine rings is 1. The quantitative estimate of drug-likeness (QED) is 0.686. The monoisotopic (exact) mass is 271 g/mol. The third-order valence-corrected chi connectivity index (χ3v) is 2.75. The molecule has 0 aliphatic carbocycles. The zero-order valence-electron chi connectivity index (χ0n) is 12.0. The van der Waals surface area contributed by atoms with Crippen molar-refractivity contribution in [2.24, 2.45) is 0 Å². The van der Waals surface area contributed by atoms with E-state index in [-0.39, 0.29) is 6.09 Å². The average Bonchev–Trinajstić information content (AvgIpc) is 2.25. The number of amides is 1. The third kappa shape index (κ3) is 5.48. The minimum atomic E-state index is -1.26. The Hall–Kier alpha value is -1.28. The number of aliphatic hydroxyl groups is 1. The summed E-state index contributed by atoms with van der Waals surface area (Å²) in [6, 6.07) is 0. The highest BCUT2D eigenvalue weighted by Crippen LogP contribution is 2.23. The summed E-state index contributed by atoms with van der Waals surface area (Å²) < 4.78 is 17.9. The van der Waals surface area contributed by atoms with E-state index in [4.69, 9.17) is 4.74 Å². The van der Waals surface area contributed by atoms with E-state index in [1.165, 1.54) is 6.92 Å². The van der Waals surface area contributed by atoms with Gasteiger partial charge in [-0.05, 0) is 27.7 Å². The number of hydrogen-bond donors (Lipinski definition) is 1. The molecule has 1 fully saturated rings. The maximum absolute atomic E-state index is 12.6. The Balaban J connectivity index is 2.54. The summed E-state index contributed by atoms with van der Waals surface area (Å²) in [5.74, 6) is 4.89. The minimum Gasteiger partial charge on any atom is -0.444 e. The molecule has 0 radical (unpaired) electrons. The van der Waals surface area contributed by atoms with Gasteiger partial charge in [0.25, 0.3) is 0 Å². The lowest BCUT2D eigenvalue weighted by Gasteiger charge is -2.35. The summed E-state index contributed by atoms with van der Waals surface area (Å²) in [6.07, 6.45) is -1.02. The van der Waals surface area contributed by atoms with Gasteiger partial charge in [0.2, 0.25) is 0 Å². The second kappa shape index (κ2) is 5.79. The highest BCUT2D eigenvalue weighted by Gasteiger charge is 2.34. The fourth-order valence-electron chi connectivity index (χ4n) is 1.74. The molecular formula is C14H22FNO3. The van der Waals surface area contributed by atoms with Gasteiger partial charge in [0, 0.05) is 25.9 Å². The van der Waals surface area contributed by atoms with Gasteiger partial charge in [0.05, 0.1) is 0 Å². The predicted octanol–water partition coefficient (Wildman–Crippen LogP) is 2.11. The van der Waals surface area contributed by atoms with Gasteiger partial charge in [-0.1, -0.05) is 11.8 Å². The summed E-state index contributed by atoms with van der Waals surface area (Å²) in [4.78, 5) is 13.4. The summed E-state index contributed by atoms with van der Waals surface area (Å²) in [7, 11) is 0. The highest BCUT2D eigenvalue weighted by molar-refractivity contribution is 5.68. The van der Waals surface area contributed by atoms with Crippen LogP contribution in [0.25, 0.3) is 0 Å². The molecule has 0 aromatic heterocycles. The molecule has 5 heteroatoms. The van der Waals surface area contributed by atoms with Gasteiger partial charge in [-0.25, -0.2) is 9.18 Å². The summed E-state index contributed by atoms with van der Waals surface area (Å²) in [5.41, 5.74) is -1.73. The molecule has 19 heavy (non-hydrogen) atoms. The molecule has 108 valence electrons. The van der Waals surface area contributed by atoms with Crippen LogP contribution in [0.3, 0.4) is 0 Å². The maximum Gasteiger partial charge on any atom is 0.410 e. The van der Waals surface area contributed by atoms with Gasteiger partial charge >= 0.3 is 6.09 Å². The van der Waals surface area contributed by atoms with Gasteiger partial charge in [-0.15, -0.1) is 0 Å². The number of carbonyl (C=O) groups is 1. The van der Waals surface area contributed by atoms with E-state index in [0.717, 1.165) is 0 Å². The van der Waals surface area contributed by atoms with E-state index in [1.807, 2.05) is 0 Å². The molecule has 1 aliphatic heterocycles. The Kier molecular flexibility index (Phi) is 4.81. The van der Waals surface area contributed by atoms with E-state index < -0.39 is 17.4 Å². The van der Waals surface area contributed by atoms with Crippen molar-refractivity contribution in [3.05, 3.63) is 0 Å². The van der Waals surface area contributed by atoms with E-state index in [2.05, 4.69) is 11.8 Å². The average molecular weight is 271 g/mol. The Morgan fingerprint density at radius 1 is 1.42 bits per heavy atom. The number of rotatable bonds is 0. The zero-order valence-corrected chi connectivity index (χ0v) is 12.0. The van der Waals surface area contributed by atoms with Gasteiger partial charge in [0.1, 0.15) is 11.2 Å². The molecule has 1 heterocycles. The van der Waals surface area contributed by atoms with Gasteiger partial charge in [-0.2, -0.15) is 0 Å². The standard InChI is InChI=1S/C14H22FNO3/c1-11(15)5-6-14(18)7-9-16(10-8-14)12(17)19-13(2,3)4/h11,18H,7-10H2,1-4H3. The molecule has 1 aliphatic rings. The lowest BCUT2D eigenvalue weighted by atomic mass is 9.92. The van der Waals surface area contributed by atoms with Crippen LogP contribution < -0.4 is 0 Å². The van der Waals surface area contributed by atoms with Gasteiger partial charge in [-0.3, -0.25) is 0 Å². The van der Waals surface area contributed by atoms with Crippen molar-refractivity contribution >= 4 is 6.09 Å². The SMILES string of the molecule is CC(F)C#CC1(O)CCN(C(=O)OC(C)(C)C)CC1. The van der Waals surface area contributed by atoms with Crippen LogP contribution in [0.2, 0.25) is 0 Å². The van der Waals surface area contributed by atoms with E-state index in [9.17, 15) is 14.3 Å². The fraction of sp³-hybridized carbons (Fsp3) is 0.786. The first kappa shape index (κ1) is 15.8. The highest BCUT2D eigenvalue weighted by atomic mass is 19.1. The van der Waals surface area contributed by atoms with Crippen molar-refractivity contribution in [2.75, 3.05) is 13.1 Å². The van der Waals surface area contributed by atoms with Crippen LogP contribution in [0.1, 0.15) is 40.5 Å². The Morgan fingerprint density at radius 3 is 2.37 bits per heavy atom. The Bertz CT molecular complexity index is 382. The number of likely N-dealkylation sites (tertiary alicyclic amines) is 1. The molecule has 0 bridgehead atoms. The number of ether oxygens (including phenoxy) is 1. The zero-order chi connectivity index (χ0) is 14.7. The predicted molar refractivity (Wildman–Crippen MR) is 70.3 cm³/mol. The van der Waals surface area contributed by atoms with E-state index in [0.29, 0.717) is 25.9 Å². The maximum atomic E-state index is 12.6. The molecule has 1 rings (SSSR count). The van der Waals surface area contributed by atoms with Crippen molar-refractivity contribution in [3.63, 3.8) is 0 Å². The van der Waals surface area contributed by atoms with Crippen molar-refractivity contribution in [1.29, 1.82) is 0 Å². The van der Waals surface area contributed by atoms with Crippen molar-refractivity contribution < 1.29 is 19.0 Å². The number of halogens is 1. The first-order valence-electron chi connectivity index (χ1n) is 6.48. The van der Waals surface area contributed by atoms with E-state index in [1.54, 1.807) is 25.7 Å². The van der Waals surface area contributed by atoms with Crippen LogP contribution in [0, 0.1) is 11.8 Å². The molecule has 1 amide bonds. The van der Waals surface area contributed by atoms with Crippen LogP contribution in [0.4, 0.5) is 9.18 Å². The number of carbonyl (C=O) groups excluding carboxylic acids is 1. The molecular weight excluding hydrogens is 249 g/mol. The van der Waals surface area contributed by atoms with Crippen LogP contribution in [-0.4, -0.2) is 46.6 Å². The molecule has 1 atom stereocenters. The molecule has 0 saturated carbocycles. The van der Waals surface area contributed by atoms with Crippen LogP contribution in [0.5, 0.6) is 0 Å². The lowest BCUT2D eigenvalue weighted by Crippen LogP contribution is -2.47. The fourth-order valence-corrected chi connectivity index (χ4v) is 1.74. The molecule has 0 aromatic carbocycles. The minimum absolute atomic E-state index is 0.311. The Morgan fingerprint density at radius 2 is 1.95 bits per heavy atom. The first-order valence-corrected chi connectivity index (χ1v) is 6.48. The summed E-state index contributed by atoms with van der Waals surface area (Å²) in [6.45, 7) is 7.46. The van der Waals surface area contributed by atoms with Crippen molar-refractivity contribution in [2.45, 2.75) is 57.9 Å². The summed E-state index contributed by atoms with van der Waals surface area (Å²) >= 11 is 0. The molecule has 1 saturated heterocycles. The lowest BCUT2D eigenvalue weighted by molar-refractivity contribution is -0.00522. The second-order valence-corrected chi connectivity index (χ2v) is 5.88. The Labute approximate surface area is 113 Å². The molecule has 1 unspecified atom stereocenters. The first-order chi connectivity index (χ1) is 8.61. The molecule has 1 N–H and O–H groups in total. The number of hydrogen-bond acceptors (Lipinski definition) is 3. The molecule has 0 aromatic rings. The molecule has 0 spiro atoms. The summed E-state index contributed by atoms with van der Waals surface area (Å²) in [5, 5.41) is 10.1. The number of nitrogens with zero attached hydrogens (tertiary/aromatic N) is 1. The normalized spacial score (nSPS) is 20.2. The smallest absolute Gasteiger partial charge is 0.410 e. The largest absolute Gasteiger partial charge is 0.444 e. The molecule has 4 nitrogen and oxygen atoms in total. The topological polar surface area (TPSA) is 49.8 Å². The van der Waals surface area contributed by atoms with Gasteiger partial charge < -0.3 is 14.7 Å². The van der Waals surface area contributed by atoms with Crippen LogP contribution in [-0.2, 0) is 4.74 Å². The van der Waals surface area contributed by atoms with Gasteiger partial charge in [0.15, 0.2) is 6.17 Å². The van der Waals surface area contributed by atoms with Crippen molar-refractivity contribution in [1.82, 2.24) is 4.90 Å². The van der Waals surface area contributed by atoms with E-state index >= 15 is 0 Å². The van der Waals surface area contributed by atoms with Crippen LogP contribution in [0.15, 0.2) is 0 Å². The van der Waals surface area contributed by atoms with Crippen LogP contribution >= 0.6 is 0 Å². The number of alkyl halides is 1. The second-order valence-electron chi connectivity index (χ2n) is 5.88. The third-order valence-electron chi connectivity index (χ3n) is 2.75. The van der Waals surface area contributed by atoms with Crippen molar-refractivity contribution in [3.8, 4) is 11.8 Å².